The lowest BCUT2D eigenvalue weighted by Crippen LogP contribution is -1.93. The van der Waals surface area contributed by atoms with Gasteiger partial charge in [-0.25, -0.2) is 4.99 Å². The summed E-state index contributed by atoms with van der Waals surface area (Å²) in [4.78, 5) is 4.66. The Hall–Kier alpha value is -1.54. The van der Waals surface area contributed by atoms with Gasteiger partial charge in [0, 0.05) is 5.56 Å². The van der Waals surface area contributed by atoms with Crippen LogP contribution in [0.15, 0.2) is 59.6 Å². The molecule has 0 aliphatic rings. The van der Waals surface area contributed by atoms with Gasteiger partial charge in [0.2, 0.25) is 0 Å². The maximum Gasteiger partial charge on any atom is 0.104 e. The molecule has 0 saturated carbocycles. The van der Waals surface area contributed by atoms with E-state index in [1.165, 1.54) is 11.1 Å². The Balaban J connectivity index is 2.34. The third-order valence-electron chi connectivity index (χ3n) is 2.48. The predicted octanol–water partition coefficient (Wildman–Crippen LogP) is 4.44. The molecule has 86 valence electrons. The summed E-state index contributed by atoms with van der Waals surface area (Å²) in [5, 5.41) is 1.05. The van der Waals surface area contributed by atoms with Crippen molar-refractivity contribution in [2.24, 2.45) is 4.99 Å². The third-order valence-corrected chi connectivity index (χ3v) is 3.19. The van der Waals surface area contributed by atoms with Gasteiger partial charge in [0.05, 0.1) is 5.69 Å². The van der Waals surface area contributed by atoms with Crippen LogP contribution < -0.4 is 0 Å². The van der Waals surface area contributed by atoms with Crippen molar-refractivity contribution < 1.29 is 0 Å². The molecule has 0 amide bonds. The van der Waals surface area contributed by atoms with Crippen LogP contribution in [0.1, 0.15) is 11.1 Å². The average Bonchev–Trinajstić information content (AvgIpc) is 2.38. The molecule has 0 radical (unpaired) electrons. The van der Waals surface area contributed by atoms with E-state index in [9.17, 15) is 0 Å². The third kappa shape index (κ3) is 3.21. The molecule has 2 aromatic carbocycles. The molecular formula is C15H15NS. The Kier molecular flexibility index (Phi) is 3.99. The highest BCUT2D eigenvalue weighted by Crippen LogP contribution is 2.18. The SMILES string of the molecule is CSC(=Nc1ccccc1)c1ccc(C)cc1. The summed E-state index contributed by atoms with van der Waals surface area (Å²) >= 11 is 1.67. The van der Waals surface area contributed by atoms with Crippen LogP contribution >= 0.6 is 11.8 Å². The quantitative estimate of drug-likeness (QED) is 0.559. The smallest absolute Gasteiger partial charge is 0.104 e. The molecule has 0 fully saturated rings. The van der Waals surface area contributed by atoms with E-state index >= 15 is 0 Å². The first-order chi connectivity index (χ1) is 8.29. The first kappa shape index (κ1) is 11.9. The predicted molar refractivity (Wildman–Crippen MR) is 77.3 cm³/mol. The van der Waals surface area contributed by atoms with Crippen LogP contribution in [0, 0.1) is 6.92 Å². The van der Waals surface area contributed by atoms with Crippen LogP contribution in [0.4, 0.5) is 5.69 Å². The Bertz CT molecular complexity index is 500. The zero-order chi connectivity index (χ0) is 12.1. The molecule has 2 rings (SSSR count). The standard InChI is InChI=1S/C15H15NS/c1-12-8-10-13(11-9-12)15(17-2)16-14-6-4-3-5-7-14/h3-11H,1-2H3. The Morgan fingerprint density at radius 1 is 0.941 bits per heavy atom. The van der Waals surface area contributed by atoms with Gasteiger partial charge < -0.3 is 0 Å². The topological polar surface area (TPSA) is 12.4 Å². The van der Waals surface area contributed by atoms with Crippen molar-refractivity contribution >= 4 is 22.5 Å². The van der Waals surface area contributed by atoms with Crippen molar-refractivity contribution in [2.75, 3.05) is 6.26 Å². The molecule has 17 heavy (non-hydrogen) atoms. The number of nitrogens with zero attached hydrogens (tertiary/aromatic N) is 1. The lowest BCUT2D eigenvalue weighted by Gasteiger charge is -2.04. The van der Waals surface area contributed by atoms with Crippen molar-refractivity contribution in [1.29, 1.82) is 0 Å². The summed E-state index contributed by atoms with van der Waals surface area (Å²) in [6, 6.07) is 18.5. The molecule has 0 N–H and O–H groups in total. The Morgan fingerprint density at radius 3 is 2.18 bits per heavy atom. The highest BCUT2D eigenvalue weighted by Gasteiger charge is 2.01. The first-order valence-corrected chi connectivity index (χ1v) is 6.77. The molecule has 1 nitrogen and oxygen atoms in total. The van der Waals surface area contributed by atoms with Crippen LogP contribution in [0.5, 0.6) is 0 Å². The van der Waals surface area contributed by atoms with E-state index in [4.69, 9.17) is 0 Å². The summed E-state index contributed by atoms with van der Waals surface area (Å²) in [5.41, 5.74) is 3.44. The van der Waals surface area contributed by atoms with Gasteiger partial charge in [0.15, 0.2) is 0 Å². The zero-order valence-corrected chi connectivity index (χ0v) is 10.9. The second-order valence-corrected chi connectivity index (χ2v) is 4.62. The molecule has 0 heterocycles. The second kappa shape index (κ2) is 5.69. The van der Waals surface area contributed by atoms with Gasteiger partial charge in [-0.15, -0.1) is 11.8 Å². The second-order valence-electron chi connectivity index (χ2n) is 3.82. The number of hydrogen-bond donors (Lipinski definition) is 0. The average molecular weight is 241 g/mol. The van der Waals surface area contributed by atoms with E-state index in [2.05, 4.69) is 42.4 Å². The van der Waals surface area contributed by atoms with E-state index in [0.29, 0.717) is 0 Å². The normalized spacial score (nSPS) is 11.5. The fraction of sp³-hybridized carbons (Fsp3) is 0.133. The van der Waals surface area contributed by atoms with E-state index in [-0.39, 0.29) is 0 Å². The zero-order valence-electron chi connectivity index (χ0n) is 10.1. The van der Waals surface area contributed by atoms with E-state index in [1.807, 2.05) is 30.3 Å². The lowest BCUT2D eigenvalue weighted by atomic mass is 10.2. The summed E-state index contributed by atoms with van der Waals surface area (Å²) in [5.74, 6) is 0. The lowest BCUT2D eigenvalue weighted by molar-refractivity contribution is 1.45. The molecule has 0 spiro atoms. The van der Waals surface area contributed by atoms with Gasteiger partial charge in [-0.05, 0) is 25.3 Å². The molecule has 0 aliphatic carbocycles. The number of para-hydroxylation sites is 1. The number of benzene rings is 2. The van der Waals surface area contributed by atoms with Crippen LogP contribution in [0.3, 0.4) is 0 Å². The summed E-state index contributed by atoms with van der Waals surface area (Å²) in [7, 11) is 0. The van der Waals surface area contributed by atoms with E-state index in [1.54, 1.807) is 11.8 Å². The number of aryl methyl sites for hydroxylation is 1. The van der Waals surface area contributed by atoms with E-state index < -0.39 is 0 Å². The maximum absolute atomic E-state index is 4.66. The van der Waals surface area contributed by atoms with E-state index in [0.717, 1.165) is 10.7 Å². The molecule has 0 atom stereocenters. The van der Waals surface area contributed by atoms with Crippen molar-refractivity contribution in [3.8, 4) is 0 Å². The maximum atomic E-state index is 4.66. The minimum absolute atomic E-state index is 0.998. The van der Waals surface area contributed by atoms with Gasteiger partial charge in [-0.3, -0.25) is 0 Å². The van der Waals surface area contributed by atoms with Crippen LogP contribution in [0.25, 0.3) is 0 Å². The van der Waals surface area contributed by atoms with Gasteiger partial charge >= 0.3 is 0 Å². The fourth-order valence-electron chi connectivity index (χ4n) is 1.54. The highest BCUT2D eigenvalue weighted by molar-refractivity contribution is 8.13. The number of thioether (sulfide) groups is 1. The van der Waals surface area contributed by atoms with Crippen molar-refractivity contribution in [3.05, 3.63) is 65.7 Å². The van der Waals surface area contributed by atoms with Crippen LogP contribution in [-0.4, -0.2) is 11.3 Å². The molecular weight excluding hydrogens is 226 g/mol. The Labute approximate surface area is 107 Å². The molecule has 0 aliphatic heterocycles. The minimum Gasteiger partial charge on any atom is -0.241 e. The van der Waals surface area contributed by atoms with Crippen molar-refractivity contribution in [2.45, 2.75) is 6.92 Å². The molecule has 0 aromatic heterocycles. The molecule has 2 heteroatoms. The molecule has 2 aromatic rings. The number of hydrogen-bond acceptors (Lipinski definition) is 2. The minimum atomic E-state index is 0.998. The fourth-order valence-corrected chi connectivity index (χ4v) is 2.11. The summed E-state index contributed by atoms with van der Waals surface area (Å²) < 4.78 is 0. The summed E-state index contributed by atoms with van der Waals surface area (Å²) in [6.07, 6.45) is 2.06. The van der Waals surface area contributed by atoms with Crippen molar-refractivity contribution in [3.63, 3.8) is 0 Å². The largest absolute Gasteiger partial charge is 0.241 e. The van der Waals surface area contributed by atoms with Crippen LogP contribution in [0.2, 0.25) is 0 Å². The number of rotatable bonds is 2. The Morgan fingerprint density at radius 2 is 1.59 bits per heavy atom. The number of aliphatic imine (C=N–C) groups is 1. The van der Waals surface area contributed by atoms with Gasteiger partial charge in [-0.2, -0.15) is 0 Å². The first-order valence-electron chi connectivity index (χ1n) is 5.54. The molecule has 0 saturated heterocycles. The van der Waals surface area contributed by atoms with Gasteiger partial charge in [0.1, 0.15) is 5.04 Å². The monoisotopic (exact) mass is 241 g/mol. The van der Waals surface area contributed by atoms with Crippen molar-refractivity contribution in [1.82, 2.24) is 0 Å². The van der Waals surface area contributed by atoms with Gasteiger partial charge in [-0.1, -0.05) is 48.0 Å². The van der Waals surface area contributed by atoms with Gasteiger partial charge in [0.25, 0.3) is 0 Å². The molecule has 0 bridgehead atoms. The summed E-state index contributed by atoms with van der Waals surface area (Å²) in [6.45, 7) is 2.09. The highest BCUT2D eigenvalue weighted by atomic mass is 32.2. The van der Waals surface area contributed by atoms with Crippen LogP contribution in [-0.2, 0) is 0 Å². The molecule has 0 unspecified atom stereocenters.